The van der Waals surface area contributed by atoms with Crippen LogP contribution in [0.2, 0.25) is 0 Å². The molecule has 0 rings (SSSR count). The molecule has 64 valence electrons. The highest BCUT2D eigenvalue weighted by atomic mass is 14.6. The van der Waals surface area contributed by atoms with E-state index in [4.69, 9.17) is 0 Å². The van der Waals surface area contributed by atoms with Gasteiger partial charge in [-0.25, -0.2) is 0 Å². The summed E-state index contributed by atoms with van der Waals surface area (Å²) in [6.45, 7) is 11.1. The molecule has 0 fully saturated rings. The lowest BCUT2D eigenvalue weighted by molar-refractivity contribution is 1.34. The van der Waals surface area contributed by atoms with E-state index in [2.05, 4.69) is 32.1 Å². The number of rotatable bonds is 4. The molecule has 0 aliphatic heterocycles. The first-order valence-electron chi connectivity index (χ1n) is 3.81. The summed E-state index contributed by atoms with van der Waals surface area (Å²) < 4.78 is 0. The highest BCUT2D eigenvalue weighted by Crippen LogP contribution is 2.06. The van der Waals surface area contributed by atoms with E-state index in [1.165, 1.54) is 5.57 Å². The molecule has 0 aromatic heterocycles. The summed E-state index contributed by atoms with van der Waals surface area (Å²) >= 11 is 0. The Morgan fingerprint density at radius 3 is 2.33 bits per heavy atom. The van der Waals surface area contributed by atoms with Gasteiger partial charge in [-0.3, -0.25) is 4.99 Å². The van der Waals surface area contributed by atoms with Crippen molar-refractivity contribution in [3.63, 3.8) is 0 Å². The molecule has 1 heteroatoms. The van der Waals surface area contributed by atoms with Gasteiger partial charge in [-0.05, 0) is 32.2 Å². The van der Waals surface area contributed by atoms with Crippen LogP contribution in [0.3, 0.4) is 0 Å². The highest BCUT2D eigenvalue weighted by Gasteiger charge is 1.86. The maximum absolute atomic E-state index is 3.64. The van der Waals surface area contributed by atoms with E-state index in [0.29, 0.717) is 0 Å². The van der Waals surface area contributed by atoms with E-state index in [1.54, 1.807) is 12.3 Å². The Hall–Kier alpha value is -1.37. The molecule has 0 bridgehead atoms. The van der Waals surface area contributed by atoms with Crippen LogP contribution in [0.5, 0.6) is 0 Å². The Morgan fingerprint density at radius 2 is 1.92 bits per heavy atom. The van der Waals surface area contributed by atoms with Crippen LogP contribution >= 0.6 is 0 Å². The summed E-state index contributed by atoms with van der Waals surface area (Å²) in [5.74, 6) is 0. The fraction of sp³-hybridized carbons (Fsp3) is 0.182. The summed E-state index contributed by atoms with van der Waals surface area (Å²) in [7, 11) is 0. The molecule has 0 aliphatic carbocycles. The van der Waals surface area contributed by atoms with Crippen LogP contribution in [0.1, 0.15) is 13.8 Å². The Balaban J connectivity index is 4.57. The minimum atomic E-state index is 1.14. The highest BCUT2D eigenvalue weighted by molar-refractivity contribution is 5.36. The molecule has 12 heavy (non-hydrogen) atoms. The molecular weight excluding hydrogens is 146 g/mol. The maximum atomic E-state index is 3.64. The lowest BCUT2D eigenvalue weighted by Gasteiger charge is -1.95. The standard InChI is InChI=1S/C11H15N/c1-5-6-7-11(10(2)3)8-9-12-4/h5-9H,1,4H2,2-3H3. The van der Waals surface area contributed by atoms with Crippen molar-refractivity contribution >= 4 is 6.72 Å². The molecule has 0 aromatic rings. The van der Waals surface area contributed by atoms with Gasteiger partial charge in [0.15, 0.2) is 0 Å². The molecule has 0 amide bonds. The molecule has 0 atom stereocenters. The topological polar surface area (TPSA) is 12.4 Å². The first kappa shape index (κ1) is 10.6. The third-order valence-electron chi connectivity index (χ3n) is 1.35. The summed E-state index contributed by atoms with van der Waals surface area (Å²) in [4.78, 5) is 3.64. The fourth-order valence-corrected chi connectivity index (χ4v) is 0.694. The molecule has 0 saturated carbocycles. The van der Waals surface area contributed by atoms with Crippen molar-refractivity contribution in [2.45, 2.75) is 13.8 Å². The van der Waals surface area contributed by atoms with Gasteiger partial charge < -0.3 is 0 Å². The maximum Gasteiger partial charge on any atom is 0.0266 e. The minimum absolute atomic E-state index is 1.14. The third-order valence-corrected chi connectivity index (χ3v) is 1.35. The van der Waals surface area contributed by atoms with Crippen LogP contribution in [-0.2, 0) is 0 Å². The molecule has 0 saturated heterocycles. The van der Waals surface area contributed by atoms with Gasteiger partial charge >= 0.3 is 0 Å². The summed E-state index contributed by atoms with van der Waals surface area (Å²) in [6, 6.07) is 0. The fourth-order valence-electron chi connectivity index (χ4n) is 0.694. The van der Waals surface area contributed by atoms with Crippen molar-refractivity contribution in [3.05, 3.63) is 48.2 Å². The lowest BCUT2D eigenvalue weighted by atomic mass is 10.1. The first-order chi connectivity index (χ1) is 5.72. The second-order valence-electron chi connectivity index (χ2n) is 2.55. The van der Waals surface area contributed by atoms with Crippen LogP contribution in [-0.4, -0.2) is 6.72 Å². The van der Waals surface area contributed by atoms with E-state index < -0.39 is 0 Å². The summed E-state index contributed by atoms with van der Waals surface area (Å²) in [6.07, 6.45) is 9.23. The monoisotopic (exact) mass is 161 g/mol. The Labute approximate surface area is 74.5 Å². The van der Waals surface area contributed by atoms with E-state index in [9.17, 15) is 0 Å². The molecule has 0 heterocycles. The molecule has 0 spiro atoms. The lowest BCUT2D eigenvalue weighted by Crippen LogP contribution is -1.75. The second-order valence-corrected chi connectivity index (χ2v) is 2.55. The number of nitrogens with zero attached hydrogens (tertiary/aromatic N) is 1. The van der Waals surface area contributed by atoms with Crippen LogP contribution in [0.15, 0.2) is 53.2 Å². The molecular formula is C11H15N. The van der Waals surface area contributed by atoms with Crippen LogP contribution in [0, 0.1) is 0 Å². The van der Waals surface area contributed by atoms with E-state index in [0.717, 1.165) is 5.57 Å². The van der Waals surface area contributed by atoms with Gasteiger partial charge in [-0.2, -0.15) is 0 Å². The molecule has 0 aromatic carbocycles. The normalized spacial score (nSPS) is 10.5. The van der Waals surface area contributed by atoms with Gasteiger partial charge in [0.05, 0.1) is 0 Å². The predicted octanol–water partition coefficient (Wildman–Crippen LogP) is 3.28. The zero-order valence-corrected chi connectivity index (χ0v) is 7.75. The van der Waals surface area contributed by atoms with Crippen LogP contribution in [0.25, 0.3) is 0 Å². The Morgan fingerprint density at radius 1 is 1.25 bits per heavy atom. The zero-order valence-electron chi connectivity index (χ0n) is 7.75. The molecule has 0 aliphatic rings. The predicted molar refractivity (Wildman–Crippen MR) is 56.4 cm³/mol. The van der Waals surface area contributed by atoms with Gasteiger partial charge in [0, 0.05) is 6.20 Å². The minimum Gasteiger partial charge on any atom is -0.272 e. The Kier molecular flexibility index (Phi) is 5.62. The van der Waals surface area contributed by atoms with Crippen molar-refractivity contribution in [1.82, 2.24) is 0 Å². The molecule has 1 nitrogen and oxygen atoms in total. The van der Waals surface area contributed by atoms with Gasteiger partial charge in [-0.1, -0.05) is 30.4 Å². The van der Waals surface area contributed by atoms with E-state index >= 15 is 0 Å². The van der Waals surface area contributed by atoms with E-state index in [1.807, 2.05) is 18.2 Å². The third kappa shape index (κ3) is 4.45. The SMILES string of the molecule is C=CC=CC(C=CN=C)=C(C)C. The largest absolute Gasteiger partial charge is 0.272 e. The molecule has 0 N–H and O–H groups in total. The second kappa shape index (κ2) is 6.35. The van der Waals surface area contributed by atoms with Gasteiger partial charge in [0.2, 0.25) is 0 Å². The summed E-state index contributed by atoms with van der Waals surface area (Å²) in [5, 5.41) is 0. The number of hydrogen-bond donors (Lipinski definition) is 0. The Bertz CT molecular complexity index is 218. The van der Waals surface area contributed by atoms with Gasteiger partial charge in [-0.15, -0.1) is 0 Å². The van der Waals surface area contributed by atoms with Gasteiger partial charge in [0.1, 0.15) is 0 Å². The molecule has 0 unspecified atom stereocenters. The molecule has 0 radical (unpaired) electrons. The first-order valence-corrected chi connectivity index (χ1v) is 3.81. The van der Waals surface area contributed by atoms with Crippen molar-refractivity contribution in [2.75, 3.05) is 0 Å². The van der Waals surface area contributed by atoms with Crippen molar-refractivity contribution in [2.24, 2.45) is 4.99 Å². The smallest absolute Gasteiger partial charge is 0.0266 e. The average Bonchev–Trinajstić information content (AvgIpc) is 2.04. The van der Waals surface area contributed by atoms with Crippen molar-refractivity contribution in [3.8, 4) is 0 Å². The van der Waals surface area contributed by atoms with Gasteiger partial charge in [0.25, 0.3) is 0 Å². The van der Waals surface area contributed by atoms with E-state index in [-0.39, 0.29) is 0 Å². The zero-order chi connectivity index (χ0) is 9.40. The number of allylic oxidation sites excluding steroid dienone is 6. The summed E-state index contributed by atoms with van der Waals surface area (Å²) in [5.41, 5.74) is 2.38. The number of hydrogen-bond acceptors (Lipinski definition) is 1. The van der Waals surface area contributed by atoms with Crippen LogP contribution in [0.4, 0.5) is 0 Å². The average molecular weight is 161 g/mol. The van der Waals surface area contributed by atoms with Crippen molar-refractivity contribution < 1.29 is 0 Å². The van der Waals surface area contributed by atoms with Crippen LogP contribution < -0.4 is 0 Å². The number of aliphatic imine (C=N–C) groups is 1. The quantitative estimate of drug-likeness (QED) is 0.443. The van der Waals surface area contributed by atoms with Crippen molar-refractivity contribution in [1.29, 1.82) is 0 Å².